The molecule has 0 aliphatic heterocycles. The molecular formula is C11H19N. The first-order valence-electron chi connectivity index (χ1n) is 5.54. The number of hydrogen-bond acceptors (Lipinski definition) is 1. The van der Waals surface area contributed by atoms with E-state index in [0.29, 0.717) is 0 Å². The quantitative estimate of drug-likeness (QED) is 0.659. The van der Waals surface area contributed by atoms with Crippen LogP contribution in [0.1, 0.15) is 25.7 Å². The normalized spacial score (nSPS) is 55.2. The Bertz CT molecular complexity index is 183. The zero-order valence-electron chi connectivity index (χ0n) is 7.92. The molecule has 3 saturated carbocycles. The van der Waals surface area contributed by atoms with Gasteiger partial charge in [0, 0.05) is 0 Å². The van der Waals surface area contributed by atoms with E-state index in [-0.39, 0.29) is 0 Å². The van der Waals surface area contributed by atoms with Gasteiger partial charge in [-0.1, -0.05) is 6.42 Å². The first-order chi connectivity index (χ1) is 5.90. The molecule has 3 rings (SSSR count). The van der Waals surface area contributed by atoms with E-state index in [9.17, 15) is 0 Å². The van der Waals surface area contributed by atoms with Gasteiger partial charge in [0.15, 0.2) is 0 Å². The van der Waals surface area contributed by atoms with Gasteiger partial charge in [0.25, 0.3) is 0 Å². The molecule has 0 aromatic carbocycles. The molecule has 2 bridgehead atoms. The van der Waals surface area contributed by atoms with Crippen LogP contribution in [-0.4, -0.2) is 13.6 Å². The molecule has 68 valence electrons. The summed E-state index contributed by atoms with van der Waals surface area (Å²) in [6.45, 7) is 1.29. The molecule has 12 heavy (non-hydrogen) atoms. The summed E-state index contributed by atoms with van der Waals surface area (Å²) < 4.78 is 0. The lowest BCUT2D eigenvalue weighted by Gasteiger charge is -2.50. The maximum atomic E-state index is 3.37. The Morgan fingerprint density at radius 2 is 1.92 bits per heavy atom. The van der Waals surface area contributed by atoms with Gasteiger partial charge in [-0.15, -0.1) is 0 Å². The summed E-state index contributed by atoms with van der Waals surface area (Å²) in [5.41, 5.74) is 0. The molecule has 5 unspecified atom stereocenters. The van der Waals surface area contributed by atoms with Crippen LogP contribution in [-0.2, 0) is 0 Å². The van der Waals surface area contributed by atoms with Crippen molar-refractivity contribution in [3.8, 4) is 0 Å². The first kappa shape index (κ1) is 7.37. The van der Waals surface area contributed by atoms with E-state index in [4.69, 9.17) is 0 Å². The lowest BCUT2D eigenvalue weighted by molar-refractivity contribution is -0.00588. The van der Waals surface area contributed by atoms with Crippen LogP contribution in [0, 0.1) is 29.6 Å². The molecule has 0 spiro atoms. The topological polar surface area (TPSA) is 12.0 Å². The van der Waals surface area contributed by atoms with Gasteiger partial charge in [0.1, 0.15) is 0 Å². The van der Waals surface area contributed by atoms with Crippen LogP contribution in [0.2, 0.25) is 0 Å². The zero-order valence-corrected chi connectivity index (χ0v) is 7.92. The molecule has 0 aromatic heterocycles. The molecule has 0 heterocycles. The van der Waals surface area contributed by atoms with Crippen LogP contribution in [0.3, 0.4) is 0 Å². The second-order valence-corrected chi connectivity index (χ2v) is 5.13. The predicted octanol–water partition coefficient (Wildman–Crippen LogP) is 1.89. The standard InChI is InChI=1S/C11H19N/c1-12-6-11-8-3-2-7-4-9(8)10(11)5-7/h7-12H,2-6H2,1H3. The second-order valence-electron chi connectivity index (χ2n) is 5.13. The highest BCUT2D eigenvalue weighted by atomic mass is 14.8. The van der Waals surface area contributed by atoms with Gasteiger partial charge >= 0.3 is 0 Å². The second kappa shape index (κ2) is 2.47. The molecule has 1 heteroatoms. The molecule has 3 aliphatic rings. The molecule has 0 amide bonds. The van der Waals surface area contributed by atoms with Crippen molar-refractivity contribution in [2.45, 2.75) is 25.7 Å². The van der Waals surface area contributed by atoms with Crippen LogP contribution < -0.4 is 5.32 Å². The Kier molecular flexibility index (Phi) is 1.52. The zero-order chi connectivity index (χ0) is 8.13. The van der Waals surface area contributed by atoms with Crippen molar-refractivity contribution >= 4 is 0 Å². The van der Waals surface area contributed by atoms with Gasteiger partial charge in [-0.2, -0.15) is 0 Å². The van der Waals surface area contributed by atoms with Crippen LogP contribution in [0.15, 0.2) is 0 Å². The van der Waals surface area contributed by atoms with E-state index in [1.165, 1.54) is 12.5 Å². The van der Waals surface area contributed by atoms with Crippen LogP contribution in [0.25, 0.3) is 0 Å². The fourth-order valence-corrected chi connectivity index (χ4v) is 4.32. The van der Waals surface area contributed by atoms with Gasteiger partial charge in [0.2, 0.25) is 0 Å². The van der Waals surface area contributed by atoms with Gasteiger partial charge in [-0.25, -0.2) is 0 Å². The highest BCUT2D eigenvalue weighted by molar-refractivity contribution is 5.06. The van der Waals surface area contributed by atoms with Gasteiger partial charge in [-0.3, -0.25) is 0 Å². The molecule has 5 atom stereocenters. The largest absolute Gasteiger partial charge is 0.319 e. The summed E-state index contributed by atoms with van der Waals surface area (Å²) in [5.74, 6) is 5.63. The summed E-state index contributed by atoms with van der Waals surface area (Å²) >= 11 is 0. The third kappa shape index (κ3) is 0.783. The minimum atomic E-state index is 1.06. The lowest BCUT2D eigenvalue weighted by atomic mass is 9.56. The summed E-state index contributed by atoms with van der Waals surface area (Å²) in [4.78, 5) is 0. The predicted molar refractivity (Wildman–Crippen MR) is 49.8 cm³/mol. The molecule has 0 aromatic rings. The summed E-state index contributed by atoms with van der Waals surface area (Å²) in [6.07, 6.45) is 6.28. The van der Waals surface area contributed by atoms with Crippen molar-refractivity contribution < 1.29 is 0 Å². The Morgan fingerprint density at radius 3 is 2.75 bits per heavy atom. The Labute approximate surface area is 74.9 Å². The average Bonchev–Trinajstić information content (AvgIpc) is 2.27. The van der Waals surface area contributed by atoms with Crippen molar-refractivity contribution in [3.05, 3.63) is 0 Å². The fourth-order valence-electron chi connectivity index (χ4n) is 4.32. The van der Waals surface area contributed by atoms with E-state index in [0.717, 1.165) is 23.7 Å². The van der Waals surface area contributed by atoms with Gasteiger partial charge in [0.05, 0.1) is 0 Å². The van der Waals surface area contributed by atoms with Gasteiger partial charge < -0.3 is 5.32 Å². The maximum Gasteiger partial charge on any atom is -0.00180 e. The molecule has 0 radical (unpaired) electrons. The third-order valence-corrected chi connectivity index (χ3v) is 4.76. The summed E-state index contributed by atoms with van der Waals surface area (Å²) in [5, 5.41) is 3.37. The van der Waals surface area contributed by atoms with E-state index in [1.807, 2.05) is 0 Å². The minimum absolute atomic E-state index is 1.06. The average molecular weight is 165 g/mol. The molecule has 1 nitrogen and oxygen atoms in total. The van der Waals surface area contributed by atoms with Gasteiger partial charge in [-0.05, 0) is 62.4 Å². The highest BCUT2D eigenvalue weighted by Gasteiger charge is 2.56. The lowest BCUT2D eigenvalue weighted by Crippen LogP contribution is -2.48. The van der Waals surface area contributed by atoms with E-state index in [2.05, 4.69) is 12.4 Å². The molecular weight excluding hydrogens is 146 g/mol. The first-order valence-corrected chi connectivity index (χ1v) is 5.54. The smallest absolute Gasteiger partial charge is 0.00180 e. The fraction of sp³-hybridized carbons (Fsp3) is 1.00. The van der Waals surface area contributed by atoms with E-state index < -0.39 is 0 Å². The van der Waals surface area contributed by atoms with Crippen LogP contribution in [0.4, 0.5) is 0 Å². The maximum absolute atomic E-state index is 3.37. The summed E-state index contributed by atoms with van der Waals surface area (Å²) in [6, 6.07) is 0. The SMILES string of the molecule is CNCC1C2CCC3CC2C1C3. The molecule has 3 aliphatic carbocycles. The Balaban J connectivity index is 1.76. The number of rotatable bonds is 2. The molecule has 0 saturated heterocycles. The van der Waals surface area contributed by atoms with E-state index in [1.54, 1.807) is 25.7 Å². The van der Waals surface area contributed by atoms with E-state index >= 15 is 0 Å². The van der Waals surface area contributed by atoms with Crippen molar-refractivity contribution in [1.82, 2.24) is 5.32 Å². The Morgan fingerprint density at radius 1 is 1.08 bits per heavy atom. The molecule has 3 fully saturated rings. The van der Waals surface area contributed by atoms with Crippen LogP contribution in [0.5, 0.6) is 0 Å². The summed E-state index contributed by atoms with van der Waals surface area (Å²) in [7, 11) is 2.11. The molecule has 1 N–H and O–H groups in total. The van der Waals surface area contributed by atoms with Crippen molar-refractivity contribution in [3.63, 3.8) is 0 Å². The third-order valence-electron chi connectivity index (χ3n) is 4.76. The van der Waals surface area contributed by atoms with Crippen molar-refractivity contribution in [1.29, 1.82) is 0 Å². The van der Waals surface area contributed by atoms with Crippen molar-refractivity contribution in [2.75, 3.05) is 13.6 Å². The van der Waals surface area contributed by atoms with Crippen LogP contribution >= 0.6 is 0 Å². The highest BCUT2D eigenvalue weighted by Crippen LogP contribution is 2.63. The number of nitrogens with one attached hydrogen (secondary N) is 1. The minimum Gasteiger partial charge on any atom is -0.319 e. The Hall–Kier alpha value is -0.0400. The monoisotopic (exact) mass is 165 g/mol. The number of hydrogen-bond donors (Lipinski definition) is 1. The van der Waals surface area contributed by atoms with Crippen molar-refractivity contribution in [2.24, 2.45) is 29.6 Å². The number of fused-ring (bicyclic) bond motifs is 1.